The topological polar surface area (TPSA) is 62.2 Å². The van der Waals surface area contributed by atoms with Gasteiger partial charge < -0.3 is 10.4 Å². The molecular formula is C17H22N2O2. The van der Waals surface area contributed by atoms with Gasteiger partial charge in [-0.25, -0.2) is 0 Å². The van der Waals surface area contributed by atoms with Crippen LogP contribution < -0.4 is 5.32 Å². The molecule has 1 aliphatic carbocycles. The molecule has 2 rings (SSSR count). The number of aromatic nitrogens is 1. The van der Waals surface area contributed by atoms with Gasteiger partial charge in [-0.1, -0.05) is 31.6 Å². The van der Waals surface area contributed by atoms with Crippen molar-refractivity contribution in [1.82, 2.24) is 10.3 Å². The summed E-state index contributed by atoms with van der Waals surface area (Å²) in [6.07, 6.45) is 7.34. The highest BCUT2D eigenvalue weighted by atomic mass is 16.2. The summed E-state index contributed by atoms with van der Waals surface area (Å²) < 4.78 is 0. The average molecular weight is 286 g/mol. The molecule has 1 amide bonds. The number of carbonyl (C=O) groups is 1. The molecule has 1 aromatic rings. The van der Waals surface area contributed by atoms with Crippen molar-refractivity contribution in [3.63, 3.8) is 0 Å². The van der Waals surface area contributed by atoms with Crippen LogP contribution >= 0.6 is 0 Å². The van der Waals surface area contributed by atoms with Gasteiger partial charge in [-0.15, -0.1) is 0 Å². The Morgan fingerprint density at radius 3 is 3.05 bits per heavy atom. The molecular weight excluding hydrogens is 264 g/mol. The van der Waals surface area contributed by atoms with E-state index in [0.29, 0.717) is 29.4 Å². The van der Waals surface area contributed by atoms with Crippen molar-refractivity contribution in [2.45, 2.75) is 32.6 Å². The largest absolute Gasteiger partial charge is 0.395 e. The standard InChI is InChI=1S/C17H22N2O2/c1-13-5-4-7-15(13)12-19-17(21)16-9-14(10-18-11-16)6-2-3-8-20/h9-11,13,15,20H,3-5,7-8,12H2,1H3,(H,19,21). The van der Waals surface area contributed by atoms with Crippen LogP contribution in [0.4, 0.5) is 0 Å². The lowest BCUT2D eigenvalue weighted by Gasteiger charge is -2.15. The van der Waals surface area contributed by atoms with Gasteiger partial charge in [0.05, 0.1) is 12.2 Å². The summed E-state index contributed by atoms with van der Waals surface area (Å²) in [5.41, 5.74) is 1.24. The Labute approximate surface area is 126 Å². The van der Waals surface area contributed by atoms with Crippen LogP contribution in [0.2, 0.25) is 0 Å². The highest BCUT2D eigenvalue weighted by Crippen LogP contribution is 2.30. The summed E-state index contributed by atoms with van der Waals surface area (Å²) in [6, 6.07) is 1.74. The second-order valence-electron chi connectivity index (χ2n) is 5.62. The maximum Gasteiger partial charge on any atom is 0.252 e. The molecule has 0 aromatic carbocycles. The van der Waals surface area contributed by atoms with Gasteiger partial charge in [-0.3, -0.25) is 9.78 Å². The van der Waals surface area contributed by atoms with Gasteiger partial charge >= 0.3 is 0 Å². The molecule has 1 aliphatic rings. The fourth-order valence-corrected chi connectivity index (χ4v) is 2.70. The number of amides is 1. The molecule has 2 N–H and O–H groups in total. The van der Waals surface area contributed by atoms with Gasteiger partial charge in [0.15, 0.2) is 0 Å². The monoisotopic (exact) mass is 286 g/mol. The normalized spacial score (nSPS) is 20.7. The first-order chi connectivity index (χ1) is 10.2. The first-order valence-electron chi connectivity index (χ1n) is 7.53. The van der Waals surface area contributed by atoms with Crippen LogP contribution in [0.3, 0.4) is 0 Å². The van der Waals surface area contributed by atoms with E-state index < -0.39 is 0 Å². The van der Waals surface area contributed by atoms with Crippen LogP contribution in [-0.2, 0) is 0 Å². The van der Waals surface area contributed by atoms with Crippen molar-refractivity contribution in [2.75, 3.05) is 13.2 Å². The third-order valence-corrected chi connectivity index (χ3v) is 4.03. The number of hydrogen-bond acceptors (Lipinski definition) is 3. The van der Waals surface area contributed by atoms with Crippen molar-refractivity contribution in [3.05, 3.63) is 29.6 Å². The van der Waals surface area contributed by atoms with Crippen molar-refractivity contribution in [1.29, 1.82) is 0 Å². The van der Waals surface area contributed by atoms with E-state index in [0.717, 1.165) is 6.54 Å². The van der Waals surface area contributed by atoms with Gasteiger partial charge in [0, 0.05) is 30.9 Å². The smallest absolute Gasteiger partial charge is 0.252 e. The number of nitrogens with zero attached hydrogens (tertiary/aromatic N) is 1. The molecule has 112 valence electrons. The van der Waals surface area contributed by atoms with Gasteiger partial charge in [0.2, 0.25) is 0 Å². The third-order valence-electron chi connectivity index (χ3n) is 4.03. The molecule has 4 heteroatoms. The molecule has 1 fully saturated rings. The minimum Gasteiger partial charge on any atom is -0.395 e. The number of aliphatic hydroxyl groups is 1. The van der Waals surface area contributed by atoms with Gasteiger partial charge in [-0.05, 0) is 24.3 Å². The SMILES string of the molecule is CC1CCCC1CNC(=O)c1cncc(C#CCCO)c1. The van der Waals surface area contributed by atoms with E-state index in [1.807, 2.05) is 0 Å². The summed E-state index contributed by atoms with van der Waals surface area (Å²) in [5, 5.41) is 11.7. The van der Waals surface area contributed by atoms with Crippen LogP contribution in [0.1, 0.15) is 48.5 Å². The van der Waals surface area contributed by atoms with Crippen molar-refractivity contribution >= 4 is 5.91 Å². The number of nitrogens with one attached hydrogen (secondary N) is 1. The molecule has 2 unspecified atom stereocenters. The molecule has 0 bridgehead atoms. The Bertz CT molecular complexity index is 545. The van der Waals surface area contributed by atoms with E-state index in [-0.39, 0.29) is 12.5 Å². The molecule has 0 saturated heterocycles. The summed E-state index contributed by atoms with van der Waals surface area (Å²) in [4.78, 5) is 16.2. The zero-order valence-corrected chi connectivity index (χ0v) is 12.4. The Hall–Kier alpha value is -1.86. The average Bonchev–Trinajstić information content (AvgIpc) is 2.91. The molecule has 1 heterocycles. The lowest BCUT2D eigenvalue weighted by Crippen LogP contribution is -2.30. The van der Waals surface area contributed by atoms with E-state index in [1.165, 1.54) is 19.3 Å². The van der Waals surface area contributed by atoms with Crippen LogP contribution in [0.25, 0.3) is 0 Å². The third kappa shape index (κ3) is 4.57. The van der Waals surface area contributed by atoms with Crippen molar-refractivity contribution < 1.29 is 9.90 Å². The van der Waals surface area contributed by atoms with Crippen molar-refractivity contribution in [2.24, 2.45) is 11.8 Å². The second kappa shape index (κ2) is 7.80. The quantitative estimate of drug-likeness (QED) is 0.832. The molecule has 1 aromatic heterocycles. The predicted octanol–water partition coefficient (Wildman–Crippen LogP) is 1.98. The Morgan fingerprint density at radius 1 is 1.48 bits per heavy atom. The summed E-state index contributed by atoms with van der Waals surface area (Å²) >= 11 is 0. The molecule has 0 aliphatic heterocycles. The number of hydrogen-bond donors (Lipinski definition) is 2. The Balaban J connectivity index is 1.93. The lowest BCUT2D eigenvalue weighted by molar-refractivity contribution is 0.0944. The van der Waals surface area contributed by atoms with E-state index in [2.05, 4.69) is 29.1 Å². The molecule has 4 nitrogen and oxygen atoms in total. The van der Waals surface area contributed by atoms with Crippen LogP contribution in [0, 0.1) is 23.7 Å². The maximum absolute atomic E-state index is 12.2. The minimum atomic E-state index is -0.0904. The fourth-order valence-electron chi connectivity index (χ4n) is 2.70. The zero-order chi connectivity index (χ0) is 15.1. The first-order valence-corrected chi connectivity index (χ1v) is 7.53. The van der Waals surface area contributed by atoms with Gasteiger partial charge in [0.1, 0.15) is 0 Å². The lowest BCUT2D eigenvalue weighted by atomic mass is 9.98. The van der Waals surface area contributed by atoms with E-state index >= 15 is 0 Å². The van der Waals surface area contributed by atoms with Crippen molar-refractivity contribution in [3.8, 4) is 11.8 Å². The van der Waals surface area contributed by atoms with Crippen LogP contribution in [0.15, 0.2) is 18.5 Å². The minimum absolute atomic E-state index is 0.0418. The van der Waals surface area contributed by atoms with Gasteiger partial charge in [0.25, 0.3) is 5.91 Å². The molecule has 2 atom stereocenters. The predicted molar refractivity (Wildman–Crippen MR) is 81.7 cm³/mol. The number of pyridine rings is 1. The highest BCUT2D eigenvalue weighted by molar-refractivity contribution is 5.94. The molecule has 1 saturated carbocycles. The molecule has 0 spiro atoms. The van der Waals surface area contributed by atoms with Crippen LogP contribution in [-0.4, -0.2) is 29.1 Å². The number of aliphatic hydroxyl groups excluding tert-OH is 1. The highest BCUT2D eigenvalue weighted by Gasteiger charge is 2.23. The second-order valence-corrected chi connectivity index (χ2v) is 5.62. The number of rotatable bonds is 4. The fraction of sp³-hybridized carbons (Fsp3) is 0.529. The molecule has 21 heavy (non-hydrogen) atoms. The van der Waals surface area contributed by atoms with E-state index in [9.17, 15) is 4.79 Å². The molecule has 0 radical (unpaired) electrons. The van der Waals surface area contributed by atoms with E-state index in [4.69, 9.17) is 5.11 Å². The summed E-state index contributed by atoms with van der Waals surface area (Å²) in [7, 11) is 0. The first kappa shape index (κ1) is 15.5. The maximum atomic E-state index is 12.2. The Morgan fingerprint density at radius 2 is 2.33 bits per heavy atom. The van der Waals surface area contributed by atoms with Gasteiger partial charge in [-0.2, -0.15) is 0 Å². The summed E-state index contributed by atoms with van der Waals surface area (Å²) in [5.74, 6) is 6.92. The Kier molecular flexibility index (Phi) is 5.77. The zero-order valence-electron chi connectivity index (χ0n) is 12.4. The van der Waals surface area contributed by atoms with E-state index in [1.54, 1.807) is 18.5 Å². The summed E-state index contributed by atoms with van der Waals surface area (Å²) in [6.45, 7) is 3.03. The van der Waals surface area contributed by atoms with Crippen LogP contribution in [0.5, 0.6) is 0 Å². The number of carbonyl (C=O) groups excluding carboxylic acids is 1.